The van der Waals surface area contributed by atoms with Crippen LogP contribution in [0.4, 0.5) is 0 Å². The third-order valence-corrected chi connectivity index (χ3v) is 3.46. The Hall–Kier alpha value is -1.49. The number of aryl methyl sites for hydroxylation is 1. The van der Waals surface area contributed by atoms with E-state index in [9.17, 15) is 9.59 Å². The van der Waals surface area contributed by atoms with Gasteiger partial charge in [-0.15, -0.1) is 0 Å². The Morgan fingerprint density at radius 1 is 1.33 bits per heavy atom. The van der Waals surface area contributed by atoms with Crippen LogP contribution in [0.15, 0.2) is 24.3 Å². The van der Waals surface area contributed by atoms with Crippen molar-refractivity contribution >= 4 is 23.6 Å². The number of benzene rings is 1. The van der Waals surface area contributed by atoms with Crippen molar-refractivity contribution < 1.29 is 14.7 Å². The lowest BCUT2D eigenvalue weighted by Gasteiger charge is -2.12. The van der Waals surface area contributed by atoms with Crippen LogP contribution < -0.4 is 5.32 Å². The van der Waals surface area contributed by atoms with Gasteiger partial charge in [0, 0.05) is 18.4 Å². The lowest BCUT2D eigenvalue weighted by Crippen LogP contribution is -2.41. The summed E-state index contributed by atoms with van der Waals surface area (Å²) in [5, 5.41) is 11.3. The maximum atomic E-state index is 10.9. The van der Waals surface area contributed by atoms with Crippen LogP contribution in [0.5, 0.6) is 0 Å². The third kappa shape index (κ3) is 5.23. The SMILES string of the molecule is CC(=O)N[C@@H](CSCc1ccc(C)cc1)C(=O)O. The second-order valence-corrected chi connectivity index (χ2v) is 5.12. The summed E-state index contributed by atoms with van der Waals surface area (Å²) >= 11 is 1.50. The van der Waals surface area contributed by atoms with Gasteiger partial charge in [-0.1, -0.05) is 29.8 Å². The van der Waals surface area contributed by atoms with Gasteiger partial charge in [0.25, 0.3) is 0 Å². The van der Waals surface area contributed by atoms with Gasteiger partial charge in [0.15, 0.2) is 0 Å². The van der Waals surface area contributed by atoms with Gasteiger partial charge in [0.1, 0.15) is 6.04 Å². The first-order chi connectivity index (χ1) is 8.49. The molecule has 0 bridgehead atoms. The fourth-order valence-electron chi connectivity index (χ4n) is 1.40. The lowest BCUT2D eigenvalue weighted by atomic mass is 10.2. The molecule has 1 aromatic carbocycles. The number of carbonyl (C=O) groups excluding carboxylic acids is 1. The van der Waals surface area contributed by atoms with E-state index >= 15 is 0 Å². The molecule has 1 rings (SSSR count). The predicted octanol–water partition coefficient (Wildman–Crippen LogP) is 1.82. The minimum absolute atomic E-state index is 0.321. The Bertz CT molecular complexity index is 417. The molecule has 0 aliphatic heterocycles. The molecule has 5 heteroatoms. The van der Waals surface area contributed by atoms with Crippen LogP contribution in [0.3, 0.4) is 0 Å². The predicted molar refractivity (Wildman–Crippen MR) is 72.6 cm³/mol. The van der Waals surface area contributed by atoms with Gasteiger partial charge in [-0.3, -0.25) is 4.79 Å². The highest BCUT2D eigenvalue weighted by Crippen LogP contribution is 2.14. The van der Waals surface area contributed by atoms with Crippen LogP contribution in [0.25, 0.3) is 0 Å². The molecule has 0 aliphatic carbocycles. The Morgan fingerprint density at radius 3 is 2.44 bits per heavy atom. The Kier molecular flexibility index (Phi) is 5.71. The first kappa shape index (κ1) is 14.6. The molecular formula is C13H17NO3S. The monoisotopic (exact) mass is 267 g/mol. The van der Waals surface area contributed by atoms with Crippen LogP contribution in [-0.4, -0.2) is 28.8 Å². The zero-order valence-electron chi connectivity index (χ0n) is 10.5. The topological polar surface area (TPSA) is 66.4 Å². The van der Waals surface area contributed by atoms with Crippen LogP contribution >= 0.6 is 11.8 Å². The average molecular weight is 267 g/mol. The van der Waals surface area contributed by atoms with Crippen molar-refractivity contribution in [2.45, 2.75) is 25.6 Å². The largest absolute Gasteiger partial charge is 0.480 e. The molecule has 0 saturated carbocycles. The molecule has 0 unspecified atom stereocenters. The standard InChI is InChI=1S/C13H17NO3S/c1-9-3-5-11(6-4-9)7-18-8-12(13(16)17)14-10(2)15/h3-6,12H,7-8H2,1-2H3,(H,14,15)(H,16,17)/t12-/m0/s1. The van der Waals surface area contributed by atoms with E-state index in [-0.39, 0.29) is 5.91 Å². The molecule has 1 aromatic rings. The molecule has 0 spiro atoms. The van der Waals surface area contributed by atoms with Crippen molar-refractivity contribution in [3.63, 3.8) is 0 Å². The number of hydrogen-bond acceptors (Lipinski definition) is 3. The molecule has 0 heterocycles. The summed E-state index contributed by atoms with van der Waals surface area (Å²) in [5.74, 6) is -0.216. The molecular weight excluding hydrogens is 250 g/mol. The van der Waals surface area contributed by atoms with Gasteiger partial charge in [0.2, 0.25) is 5.91 Å². The van der Waals surface area contributed by atoms with Crippen molar-refractivity contribution in [1.29, 1.82) is 0 Å². The maximum Gasteiger partial charge on any atom is 0.327 e. The maximum absolute atomic E-state index is 10.9. The van der Waals surface area contributed by atoms with Crippen LogP contribution in [-0.2, 0) is 15.3 Å². The first-order valence-electron chi connectivity index (χ1n) is 5.62. The van der Waals surface area contributed by atoms with Gasteiger partial charge in [-0.25, -0.2) is 4.79 Å². The summed E-state index contributed by atoms with van der Waals surface area (Å²) in [4.78, 5) is 21.7. The molecule has 4 nitrogen and oxygen atoms in total. The summed E-state index contributed by atoms with van der Waals surface area (Å²) in [7, 11) is 0. The van der Waals surface area contributed by atoms with E-state index in [0.29, 0.717) is 5.75 Å². The number of rotatable bonds is 6. The third-order valence-electron chi connectivity index (χ3n) is 2.35. The fourth-order valence-corrected chi connectivity index (χ4v) is 2.41. The molecule has 2 N–H and O–H groups in total. The van der Waals surface area contributed by atoms with Crippen LogP contribution in [0.1, 0.15) is 18.1 Å². The molecule has 98 valence electrons. The zero-order chi connectivity index (χ0) is 13.5. The van der Waals surface area contributed by atoms with Crippen LogP contribution in [0.2, 0.25) is 0 Å². The quantitative estimate of drug-likeness (QED) is 0.825. The second-order valence-electron chi connectivity index (χ2n) is 4.09. The molecule has 0 aromatic heterocycles. The fraction of sp³-hybridized carbons (Fsp3) is 0.385. The van der Waals surface area contributed by atoms with E-state index < -0.39 is 12.0 Å². The van der Waals surface area contributed by atoms with Gasteiger partial charge >= 0.3 is 5.97 Å². The van der Waals surface area contributed by atoms with E-state index in [4.69, 9.17) is 5.11 Å². The highest BCUT2D eigenvalue weighted by Gasteiger charge is 2.17. The van der Waals surface area contributed by atoms with Crippen molar-refractivity contribution in [2.24, 2.45) is 0 Å². The Morgan fingerprint density at radius 2 is 1.94 bits per heavy atom. The van der Waals surface area contributed by atoms with Crippen molar-refractivity contribution in [2.75, 3.05) is 5.75 Å². The summed E-state index contributed by atoms with van der Waals surface area (Å²) in [6.45, 7) is 3.34. The zero-order valence-corrected chi connectivity index (χ0v) is 11.3. The number of amides is 1. The molecule has 0 fully saturated rings. The van der Waals surface area contributed by atoms with E-state index in [1.54, 1.807) is 0 Å². The minimum atomic E-state index is -0.999. The van der Waals surface area contributed by atoms with Crippen molar-refractivity contribution in [3.8, 4) is 0 Å². The molecule has 1 atom stereocenters. The molecule has 1 amide bonds. The van der Waals surface area contributed by atoms with Gasteiger partial charge < -0.3 is 10.4 Å². The number of carboxylic acid groups (broad SMARTS) is 1. The molecule has 0 radical (unpaired) electrons. The Labute approximate surface area is 111 Å². The summed E-state index contributed by atoms with van der Waals surface area (Å²) in [5.41, 5.74) is 2.35. The lowest BCUT2D eigenvalue weighted by molar-refractivity contribution is -0.140. The van der Waals surface area contributed by atoms with Crippen LogP contribution in [0, 0.1) is 6.92 Å². The van der Waals surface area contributed by atoms with E-state index in [1.165, 1.54) is 24.2 Å². The van der Waals surface area contributed by atoms with Gasteiger partial charge in [-0.2, -0.15) is 11.8 Å². The van der Waals surface area contributed by atoms with E-state index in [1.807, 2.05) is 31.2 Å². The molecule has 18 heavy (non-hydrogen) atoms. The summed E-state index contributed by atoms with van der Waals surface area (Å²) < 4.78 is 0. The number of aliphatic carboxylic acids is 1. The van der Waals surface area contributed by atoms with Crippen molar-refractivity contribution in [1.82, 2.24) is 5.32 Å². The molecule has 0 aliphatic rings. The van der Waals surface area contributed by atoms with Gasteiger partial charge in [-0.05, 0) is 12.5 Å². The van der Waals surface area contributed by atoms with Gasteiger partial charge in [0.05, 0.1) is 0 Å². The average Bonchev–Trinajstić information content (AvgIpc) is 2.29. The van der Waals surface area contributed by atoms with Crippen molar-refractivity contribution in [3.05, 3.63) is 35.4 Å². The number of carbonyl (C=O) groups is 2. The summed E-state index contributed by atoms with van der Waals surface area (Å²) in [6.07, 6.45) is 0. The molecule has 0 saturated heterocycles. The minimum Gasteiger partial charge on any atom is -0.480 e. The summed E-state index contributed by atoms with van der Waals surface area (Å²) in [6, 6.07) is 7.28. The number of hydrogen-bond donors (Lipinski definition) is 2. The normalized spacial score (nSPS) is 11.9. The second kappa shape index (κ2) is 7.06. The highest BCUT2D eigenvalue weighted by molar-refractivity contribution is 7.98. The number of nitrogens with one attached hydrogen (secondary N) is 1. The number of thioether (sulfide) groups is 1. The smallest absolute Gasteiger partial charge is 0.327 e. The highest BCUT2D eigenvalue weighted by atomic mass is 32.2. The Balaban J connectivity index is 2.41. The van der Waals surface area contributed by atoms with E-state index in [2.05, 4.69) is 5.32 Å². The number of carboxylic acids is 1. The first-order valence-corrected chi connectivity index (χ1v) is 6.77. The van der Waals surface area contributed by atoms with E-state index in [0.717, 1.165) is 11.3 Å².